The molecule has 1 saturated heterocycles. The number of ether oxygens (including phenoxy) is 2. The van der Waals surface area contributed by atoms with Gasteiger partial charge in [0.15, 0.2) is 0 Å². The third-order valence-corrected chi connectivity index (χ3v) is 7.63. The van der Waals surface area contributed by atoms with E-state index in [4.69, 9.17) is 9.47 Å². The van der Waals surface area contributed by atoms with Crippen LogP contribution in [-0.4, -0.2) is 47.9 Å². The number of hydrogen-bond acceptors (Lipinski definition) is 5. The maximum absolute atomic E-state index is 12.7. The highest BCUT2D eigenvalue weighted by atomic mass is 16.6. The zero-order valence-corrected chi connectivity index (χ0v) is 18.6. The standard InChI is InChI=1S/C25H34N2O5/c28-14-22-24-20(12-18(31-22)13-23(29)26-16-7-2-1-3-8-16)19-11-17(9-10-21(19)32-24)27-25(30)15-5-4-6-15/h9-11,15-16,18,20,22,24,28H,1-8,12-14H2,(H,26,29)(H,27,30)/t18-,20+,22+,24-/m1/s1. The molecular weight excluding hydrogens is 408 g/mol. The van der Waals surface area contributed by atoms with Gasteiger partial charge in [0.25, 0.3) is 0 Å². The summed E-state index contributed by atoms with van der Waals surface area (Å²) in [6.45, 7) is -0.152. The fraction of sp³-hybridized carbons (Fsp3) is 0.680. The second-order valence-corrected chi connectivity index (χ2v) is 9.88. The first-order chi connectivity index (χ1) is 15.6. The number of nitrogens with one attached hydrogen (secondary N) is 2. The van der Waals surface area contributed by atoms with Crippen LogP contribution >= 0.6 is 0 Å². The molecule has 2 aliphatic heterocycles. The lowest BCUT2D eigenvalue weighted by molar-refractivity contribution is -0.142. The van der Waals surface area contributed by atoms with Gasteiger partial charge in [-0.25, -0.2) is 0 Å². The first-order valence-corrected chi connectivity index (χ1v) is 12.3. The van der Waals surface area contributed by atoms with Crippen molar-refractivity contribution in [2.45, 2.75) is 94.5 Å². The van der Waals surface area contributed by atoms with E-state index in [0.717, 1.165) is 49.1 Å². The molecule has 4 atom stereocenters. The molecule has 1 aromatic rings. The molecule has 1 aromatic carbocycles. The van der Waals surface area contributed by atoms with Crippen LogP contribution in [0.1, 0.15) is 75.7 Å². The Morgan fingerprint density at radius 1 is 1.06 bits per heavy atom. The number of rotatable bonds is 6. The lowest BCUT2D eigenvalue weighted by Gasteiger charge is -2.37. The average molecular weight is 443 g/mol. The topological polar surface area (TPSA) is 96.9 Å². The van der Waals surface area contributed by atoms with Crippen molar-refractivity contribution in [3.8, 4) is 5.75 Å². The van der Waals surface area contributed by atoms with Crippen LogP contribution in [0.2, 0.25) is 0 Å². The van der Waals surface area contributed by atoms with Crippen molar-refractivity contribution in [3.63, 3.8) is 0 Å². The van der Waals surface area contributed by atoms with Crippen LogP contribution in [0.5, 0.6) is 5.75 Å². The Balaban J connectivity index is 1.26. The lowest BCUT2D eigenvalue weighted by Crippen LogP contribution is -2.48. The van der Waals surface area contributed by atoms with E-state index >= 15 is 0 Å². The van der Waals surface area contributed by atoms with Crippen LogP contribution in [0.4, 0.5) is 5.69 Å². The van der Waals surface area contributed by atoms with Gasteiger partial charge in [0.2, 0.25) is 11.8 Å². The molecule has 0 spiro atoms. The maximum Gasteiger partial charge on any atom is 0.227 e. The van der Waals surface area contributed by atoms with Gasteiger partial charge in [0.05, 0.1) is 19.1 Å². The van der Waals surface area contributed by atoms with E-state index in [1.807, 2.05) is 18.2 Å². The molecule has 0 radical (unpaired) electrons. The number of anilines is 1. The third-order valence-electron chi connectivity index (χ3n) is 7.63. The van der Waals surface area contributed by atoms with Crippen molar-refractivity contribution < 1.29 is 24.2 Å². The fourth-order valence-corrected chi connectivity index (χ4v) is 5.62. The lowest BCUT2D eigenvalue weighted by atomic mass is 9.83. The molecule has 174 valence electrons. The summed E-state index contributed by atoms with van der Waals surface area (Å²) in [5, 5.41) is 16.1. The number of carbonyl (C=O) groups is 2. The molecule has 7 nitrogen and oxygen atoms in total. The molecule has 0 bridgehead atoms. The molecule has 32 heavy (non-hydrogen) atoms. The van der Waals surface area contributed by atoms with Crippen molar-refractivity contribution in [3.05, 3.63) is 23.8 Å². The van der Waals surface area contributed by atoms with E-state index in [1.54, 1.807) is 0 Å². The summed E-state index contributed by atoms with van der Waals surface area (Å²) in [5.74, 6) is 1.04. The molecule has 7 heteroatoms. The van der Waals surface area contributed by atoms with Gasteiger partial charge in [-0.1, -0.05) is 25.7 Å². The number of hydrogen-bond donors (Lipinski definition) is 3. The van der Waals surface area contributed by atoms with Crippen LogP contribution in [0, 0.1) is 5.92 Å². The largest absolute Gasteiger partial charge is 0.487 e. The Bertz CT molecular complexity index is 849. The van der Waals surface area contributed by atoms with Crippen molar-refractivity contribution in [1.29, 1.82) is 0 Å². The normalized spacial score (nSPS) is 29.9. The Morgan fingerprint density at radius 3 is 2.59 bits per heavy atom. The van der Waals surface area contributed by atoms with E-state index < -0.39 is 6.10 Å². The van der Waals surface area contributed by atoms with Gasteiger partial charge in [0, 0.05) is 29.1 Å². The summed E-state index contributed by atoms with van der Waals surface area (Å²) >= 11 is 0. The smallest absolute Gasteiger partial charge is 0.227 e. The molecule has 2 heterocycles. The fourth-order valence-electron chi connectivity index (χ4n) is 5.62. The minimum absolute atomic E-state index is 0.0256. The second-order valence-electron chi connectivity index (χ2n) is 9.88. The molecule has 2 aliphatic carbocycles. The van der Waals surface area contributed by atoms with Gasteiger partial charge >= 0.3 is 0 Å². The minimum Gasteiger partial charge on any atom is -0.487 e. The van der Waals surface area contributed by atoms with Crippen LogP contribution in [-0.2, 0) is 14.3 Å². The number of benzene rings is 1. The first-order valence-electron chi connectivity index (χ1n) is 12.3. The number of amides is 2. The van der Waals surface area contributed by atoms with Gasteiger partial charge in [-0.15, -0.1) is 0 Å². The quantitative estimate of drug-likeness (QED) is 0.628. The Hall–Kier alpha value is -2.12. The minimum atomic E-state index is -0.471. The molecule has 2 saturated carbocycles. The third kappa shape index (κ3) is 4.50. The highest BCUT2D eigenvalue weighted by Gasteiger charge is 2.46. The van der Waals surface area contributed by atoms with E-state index in [1.165, 1.54) is 19.3 Å². The highest BCUT2D eigenvalue weighted by molar-refractivity contribution is 5.93. The zero-order chi connectivity index (χ0) is 22.1. The van der Waals surface area contributed by atoms with Crippen molar-refractivity contribution >= 4 is 17.5 Å². The van der Waals surface area contributed by atoms with Crippen molar-refractivity contribution in [2.75, 3.05) is 11.9 Å². The van der Waals surface area contributed by atoms with Crippen LogP contribution in [0.15, 0.2) is 18.2 Å². The van der Waals surface area contributed by atoms with Crippen molar-refractivity contribution in [2.24, 2.45) is 5.92 Å². The van der Waals surface area contributed by atoms with Gasteiger partial charge in [-0.3, -0.25) is 9.59 Å². The number of carbonyl (C=O) groups excluding carboxylic acids is 2. The SMILES string of the molecule is O=C(C[C@H]1C[C@H]2c3cc(NC(=O)C4CCC4)ccc3O[C@H]2[C@H](CO)O1)NC1CCCCC1. The van der Waals surface area contributed by atoms with E-state index in [-0.39, 0.29) is 48.5 Å². The second kappa shape index (κ2) is 9.40. The number of aliphatic hydroxyl groups is 1. The molecule has 3 fully saturated rings. The highest BCUT2D eigenvalue weighted by Crippen LogP contribution is 2.47. The summed E-state index contributed by atoms with van der Waals surface area (Å²) in [6.07, 6.45) is 8.71. The summed E-state index contributed by atoms with van der Waals surface area (Å²) in [7, 11) is 0. The predicted molar refractivity (Wildman–Crippen MR) is 120 cm³/mol. The van der Waals surface area contributed by atoms with Gasteiger partial charge in [-0.05, 0) is 50.3 Å². The van der Waals surface area contributed by atoms with Crippen LogP contribution < -0.4 is 15.4 Å². The summed E-state index contributed by atoms with van der Waals surface area (Å²) in [4.78, 5) is 25.0. The molecule has 5 rings (SSSR count). The Kier molecular flexibility index (Phi) is 6.37. The first kappa shape index (κ1) is 21.7. The molecular formula is C25H34N2O5. The van der Waals surface area contributed by atoms with Crippen LogP contribution in [0.25, 0.3) is 0 Å². The van der Waals surface area contributed by atoms with Crippen molar-refractivity contribution in [1.82, 2.24) is 5.32 Å². The zero-order valence-electron chi connectivity index (χ0n) is 18.6. The van der Waals surface area contributed by atoms with Gasteiger partial charge in [0.1, 0.15) is 18.0 Å². The number of fused-ring (bicyclic) bond motifs is 3. The monoisotopic (exact) mass is 442 g/mol. The predicted octanol–water partition coefficient (Wildman–Crippen LogP) is 3.26. The summed E-state index contributed by atoms with van der Waals surface area (Å²) in [5.41, 5.74) is 1.81. The molecule has 0 aromatic heterocycles. The van der Waals surface area contributed by atoms with E-state index in [0.29, 0.717) is 12.8 Å². The van der Waals surface area contributed by atoms with Crippen LogP contribution in [0.3, 0.4) is 0 Å². The molecule has 4 aliphatic rings. The molecule has 2 amide bonds. The Morgan fingerprint density at radius 2 is 1.88 bits per heavy atom. The van der Waals surface area contributed by atoms with Gasteiger partial charge < -0.3 is 25.2 Å². The summed E-state index contributed by atoms with van der Waals surface area (Å²) < 4.78 is 12.2. The van der Waals surface area contributed by atoms with E-state index in [9.17, 15) is 14.7 Å². The molecule has 3 N–H and O–H groups in total. The number of aliphatic hydroxyl groups excluding tert-OH is 1. The average Bonchev–Trinajstić information content (AvgIpc) is 3.10. The van der Waals surface area contributed by atoms with E-state index in [2.05, 4.69) is 10.6 Å². The summed E-state index contributed by atoms with van der Waals surface area (Å²) in [6, 6.07) is 6.04. The molecule has 0 unspecified atom stereocenters. The maximum atomic E-state index is 12.7. The Labute approximate surface area is 189 Å². The van der Waals surface area contributed by atoms with Gasteiger partial charge in [-0.2, -0.15) is 0 Å².